The third kappa shape index (κ3) is 8.26. The van der Waals surface area contributed by atoms with Gasteiger partial charge in [-0.15, -0.1) is 0 Å². The second kappa shape index (κ2) is 16.5. The molecular weight excluding hydrogens is 560 g/mol. The number of aldehydes is 1. The number of rotatable bonds is 13. The molecule has 1 aromatic heterocycles. The molecular formula is C29H46N6O6S. The molecule has 1 aliphatic heterocycles. The van der Waals surface area contributed by atoms with Crippen LogP contribution in [-0.4, -0.2) is 107 Å². The first-order chi connectivity index (χ1) is 19.7. The Hall–Kier alpha value is -3.10. The number of hydroxylamine groups is 2. The van der Waals surface area contributed by atoms with Crippen LogP contribution in [0.15, 0.2) is 28.1 Å². The van der Waals surface area contributed by atoms with Crippen molar-refractivity contribution in [2.24, 2.45) is 4.99 Å². The SMILES string of the molecule is C.CCCc1c(COCC(=O)N(C)O)c(C)c(C=O)n1NC(=NC)c1cc(S(=O)N2CCN(C)CC2)ccc1OCC. The molecule has 1 aliphatic rings. The van der Waals surface area contributed by atoms with Crippen molar-refractivity contribution in [2.75, 3.05) is 66.0 Å². The number of benzene rings is 1. The fraction of sp³-hybridized carbons (Fsp3) is 0.552. The Morgan fingerprint density at radius 3 is 2.50 bits per heavy atom. The molecule has 1 atom stereocenters. The zero-order chi connectivity index (χ0) is 30.1. The first-order valence-electron chi connectivity index (χ1n) is 13.7. The summed E-state index contributed by atoms with van der Waals surface area (Å²) in [5.74, 6) is 0.430. The smallest absolute Gasteiger partial charge is 0.271 e. The lowest BCUT2D eigenvalue weighted by Gasteiger charge is -2.31. The number of aromatic nitrogens is 1. The quantitative estimate of drug-likeness (QED) is 0.117. The lowest BCUT2D eigenvalue weighted by atomic mass is 10.1. The Morgan fingerprint density at radius 2 is 1.93 bits per heavy atom. The van der Waals surface area contributed by atoms with Gasteiger partial charge in [0.1, 0.15) is 29.0 Å². The van der Waals surface area contributed by atoms with Gasteiger partial charge in [-0.05, 0) is 51.1 Å². The molecule has 2 aromatic rings. The van der Waals surface area contributed by atoms with Crippen LogP contribution >= 0.6 is 0 Å². The van der Waals surface area contributed by atoms with Gasteiger partial charge in [0.05, 0.1) is 23.7 Å². The first-order valence-corrected chi connectivity index (χ1v) is 14.8. The van der Waals surface area contributed by atoms with Gasteiger partial charge in [0.25, 0.3) is 5.91 Å². The number of nitrogens with zero attached hydrogens (tertiary/aromatic N) is 5. The number of carbonyl (C=O) groups is 2. The molecule has 12 nitrogen and oxygen atoms in total. The summed E-state index contributed by atoms with van der Waals surface area (Å²) in [6.07, 6.45) is 2.18. The van der Waals surface area contributed by atoms with E-state index in [0.29, 0.717) is 64.5 Å². The molecule has 0 bridgehead atoms. The van der Waals surface area contributed by atoms with Crippen LogP contribution < -0.4 is 10.2 Å². The molecule has 42 heavy (non-hydrogen) atoms. The van der Waals surface area contributed by atoms with E-state index < -0.39 is 16.9 Å². The van der Waals surface area contributed by atoms with Gasteiger partial charge in [0, 0.05) is 51.5 Å². The molecule has 2 N–H and O–H groups in total. The minimum Gasteiger partial charge on any atom is -0.493 e. The van der Waals surface area contributed by atoms with E-state index in [9.17, 15) is 19.0 Å². The molecule has 0 spiro atoms. The van der Waals surface area contributed by atoms with Crippen LogP contribution in [-0.2, 0) is 33.5 Å². The van der Waals surface area contributed by atoms with Crippen molar-refractivity contribution >= 4 is 29.0 Å². The Labute approximate surface area is 251 Å². The van der Waals surface area contributed by atoms with Crippen LogP contribution in [0, 0.1) is 6.92 Å². The summed E-state index contributed by atoms with van der Waals surface area (Å²) in [5.41, 5.74) is 6.63. The van der Waals surface area contributed by atoms with Crippen molar-refractivity contribution in [3.8, 4) is 5.75 Å². The first kappa shape index (κ1) is 35.1. The second-order valence-electron chi connectivity index (χ2n) is 9.81. The maximum absolute atomic E-state index is 13.5. The van der Waals surface area contributed by atoms with Gasteiger partial charge >= 0.3 is 0 Å². The standard InChI is InChI=1S/C28H42N6O6S.CH4/c1-7-9-24-23(18-39-19-27(36)32(6)37)20(3)25(17-35)34(24)30-28(29-4)22-16-21(10-11-26(22)40-8-2)41(38)33-14-12-31(5)13-15-33;/h10-11,16-17,37H,7-9,12-15,18-19H2,1-6H3,(H,29,30);1H4. The van der Waals surface area contributed by atoms with Crippen molar-refractivity contribution in [3.05, 3.63) is 46.3 Å². The van der Waals surface area contributed by atoms with Gasteiger partial charge in [-0.25, -0.2) is 13.6 Å². The van der Waals surface area contributed by atoms with Crippen LogP contribution in [0.1, 0.15) is 60.6 Å². The summed E-state index contributed by atoms with van der Waals surface area (Å²) in [7, 11) is 3.57. The maximum Gasteiger partial charge on any atom is 0.271 e. The summed E-state index contributed by atoms with van der Waals surface area (Å²) >= 11 is 0. The van der Waals surface area contributed by atoms with Crippen molar-refractivity contribution in [1.29, 1.82) is 0 Å². The molecule has 1 amide bonds. The number of ether oxygens (including phenoxy) is 2. The van der Waals surface area contributed by atoms with Gasteiger partial charge in [0.15, 0.2) is 12.1 Å². The van der Waals surface area contributed by atoms with E-state index in [1.165, 1.54) is 7.05 Å². The zero-order valence-electron chi connectivity index (χ0n) is 24.8. The van der Waals surface area contributed by atoms with Crippen LogP contribution in [0.5, 0.6) is 5.75 Å². The predicted octanol–water partition coefficient (Wildman–Crippen LogP) is 2.85. The van der Waals surface area contributed by atoms with Crippen molar-refractivity contribution in [1.82, 2.24) is 18.9 Å². The van der Waals surface area contributed by atoms with Gasteiger partial charge in [-0.3, -0.25) is 29.9 Å². The van der Waals surface area contributed by atoms with Crippen molar-refractivity contribution in [2.45, 2.75) is 52.5 Å². The molecule has 0 aliphatic carbocycles. The van der Waals surface area contributed by atoms with E-state index in [1.807, 2.05) is 37.2 Å². The van der Waals surface area contributed by atoms with Gasteiger partial charge in [-0.2, -0.15) is 0 Å². The van der Waals surface area contributed by atoms with E-state index in [4.69, 9.17) is 9.47 Å². The van der Waals surface area contributed by atoms with E-state index in [-0.39, 0.29) is 20.6 Å². The Bertz CT molecular complexity index is 1270. The van der Waals surface area contributed by atoms with E-state index in [1.54, 1.807) is 17.8 Å². The molecule has 234 valence electrons. The largest absolute Gasteiger partial charge is 0.493 e. The summed E-state index contributed by atoms with van der Waals surface area (Å²) in [6, 6.07) is 5.44. The summed E-state index contributed by atoms with van der Waals surface area (Å²) in [5, 5.41) is 9.81. The molecule has 0 radical (unpaired) electrons. The molecule has 1 fully saturated rings. The average Bonchev–Trinajstić information content (AvgIpc) is 3.21. The fourth-order valence-corrected chi connectivity index (χ4v) is 5.83. The fourth-order valence-electron chi connectivity index (χ4n) is 4.64. The highest BCUT2D eigenvalue weighted by molar-refractivity contribution is 7.82. The molecule has 1 saturated heterocycles. The minimum absolute atomic E-state index is 0. The number of carbonyl (C=O) groups excluding carboxylic acids is 2. The number of hydrogen-bond acceptors (Lipinski definition) is 8. The third-order valence-corrected chi connectivity index (χ3v) is 8.46. The normalized spacial score (nSPS) is 15.2. The van der Waals surface area contributed by atoms with Gasteiger partial charge in [-0.1, -0.05) is 20.8 Å². The minimum atomic E-state index is -1.36. The lowest BCUT2D eigenvalue weighted by Crippen LogP contribution is -2.45. The monoisotopic (exact) mass is 606 g/mol. The topological polar surface area (TPSA) is 129 Å². The van der Waals surface area contributed by atoms with Gasteiger partial charge < -0.3 is 14.4 Å². The molecule has 2 heterocycles. The predicted molar refractivity (Wildman–Crippen MR) is 164 cm³/mol. The highest BCUT2D eigenvalue weighted by Crippen LogP contribution is 2.27. The number of nitrogens with one attached hydrogen (secondary N) is 1. The Morgan fingerprint density at radius 1 is 1.24 bits per heavy atom. The molecule has 1 aromatic carbocycles. The van der Waals surface area contributed by atoms with E-state index in [2.05, 4.69) is 22.4 Å². The number of amidine groups is 1. The van der Waals surface area contributed by atoms with Crippen molar-refractivity contribution < 1.29 is 28.5 Å². The zero-order valence-corrected chi connectivity index (χ0v) is 25.6. The second-order valence-corrected chi connectivity index (χ2v) is 11.3. The van der Waals surface area contributed by atoms with Crippen LogP contribution in [0.4, 0.5) is 0 Å². The molecule has 1 unspecified atom stereocenters. The number of likely N-dealkylation sites (N-methyl/N-ethyl adjacent to an activating group) is 2. The van der Waals surface area contributed by atoms with Crippen LogP contribution in [0.2, 0.25) is 0 Å². The Kier molecular flexibility index (Phi) is 13.8. The summed E-state index contributed by atoms with van der Waals surface area (Å²) in [6.45, 7) is 9.05. The lowest BCUT2D eigenvalue weighted by molar-refractivity contribution is -0.164. The summed E-state index contributed by atoms with van der Waals surface area (Å²) < 4.78 is 28.7. The molecule has 0 saturated carbocycles. The number of amides is 1. The third-order valence-electron chi connectivity index (χ3n) is 6.97. The van der Waals surface area contributed by atoms with Crippen LogP contribution in [0.3, 0.4) is 0 Å². The molecule has 13 heteroatoms. The van der Waals surface area contributed by atoms with Crippen molar-refractivity contribution in [3.63, 3.8) is 0 Å². The average molecular weight is 607 g/mol. The maximum atomic E-state index is 13.5. The highest BCUT2D eigenvalue weighted by Gasteiger charge is 2.25. The van der Waals surface area contributed by atoms with E-state index in [0.717, 1.165) is 37.1 Å². The number of hydrogen-bond donors (Lipinski definition) is 2. The molecule has 3 rings (SSSR count). The Balaban J connectivity index is 0.00000616. The number of aliphatic imine (C=N–C) groups is 1. The van der Waals surface area contributed by atoms with Crippen LogP contribution in [0.25, 0.3) is 0 Å². The summed E-state index contributed by atoms with van der Waals surface area (Å²) in [4.78, 5) is 31.4. The van der Waals surface area contributed by atoms with E-state index >= 15 is 0 Å². The highest BCUT2D eigenvalue weighted by atomic mass is 32.2. The number of piperazine rings is 1. The van der Waals surface area contributed by atoms with Gasteiger partial charge in [0.2, 0.25) is 0 Å².